The van der Waals surface area contributed by atoms with Crippen LogP contribution >= 0.6 is 0 Å². The van der Waals surface area contributed by atoms with Crippen molar-refractivity contribution in [2.75, 3.05) is 0 Å². The zero-order valence-corrected chi connectivity index (χ0v) is 7.85. The molecular weight excluding hydrogens is 134 g/mol. The van der Waals surface area contributed by atoms with Gasteiger partial charge in [0.05, 0.1) is 0 Å². The van der Waals surface area contributed by atoms with E-state index in [0.717, 1.165) is 12.1 Å². The third-order valence-electron chi connectivity index (χ3n) is 1.43. The monoisotopic (exact) mass is 153 g/mol. The van der Waals surface area contributed by atoms with Crippen molar-refractivity contribution in [3.05, 3.63) is 23.4 Å². The molecule has 11 heavy (non-hydrogen) atoms. The summed E-state index contributed by atoms with van der Waals surface area (Å²) in [6.07, 6.45) is 7.83. The largest absolute Gasteiger partial charge is 0.403 e. The molecule has 0 radical (unpaired) electrons. The van der Waals surface area contributed by atoms with Crippen molar-refractivity contribution in [3.8, 4) is 0 Å². The number of unbranched alkanes of at least 4 members (excludes halogenated alkanes) is 2. The maximum atomic E-state index is 5.48. The van der Waals surface area contributed by atoms with Crippen molar-refractivity contribution in [1.82, 2.24) is 0 Å². The maximum absolute atomic E-state index is 5.48. The number of nitrogens with two attached hydrogens (primary N) is 1. The van der Waals surface area contributed by atoms with Crippen LogP contribution in [0.5, 0.6) is 0 Å². The van der Waals surface area contributed by atoms with Gasteiger partial charge in [-0.15, -0.1) is 0 Å². The fourth-order valence-corrected chi connectivity index (χ4v) is 0.838. The van der Waals surface area contributed by atoms with Crippen LogP contribution in [0.2, 0.25) is 0 Å². The zero-order valence-electron chi connectivity index (χ0n) is 7.85. The molecule has 0 aliphatic rings. The first-order valence-electron chi connectivity index (χ1n) is 4.18. The summed E-state index contributed by atoms with van der Waals surface area (Å²) >= 11 is 0. The summed E-state index contributed by atoms with van der Waals surface area (Å²) in [4.78, 5) is 0. The van der Waals surface area contributed by atoms with Gasteiger partial charge in [0, 0.05) is 5.70 Å². The van der Waals surface area contributed by atoms with Crippen LogP contribution in [-0.4, -0.2) is 0 Å². The predicted molar refractivity (Wildman–Crippen MR) is 51.2 cm³/mol. The Labute approximate surface area is 70.0 Å². The molecule has 0 aliphatic heterocycles. The second kappa shape index (κ2) is 6.02. The molecule has 0 rings (SSSR count). The van der Waals surface area contributed by atoms with Crippen LogP contribution in [0, 0.1) is 0 Å². The number of hydrogen-bond donors (Lipinski definition) is 1. The van der Waals surface area contributed by atoms with Crippen LogP contribution in [0.4, 0.5) is 0 Å². The van der Waals surface area contributed by atoms with Gasteiger partial charge in [-0.25, -0.2) is 0 Å². The molecule has 0 aromatic rings. The Morgan fingerprint density at radius 2 is 1.64 bits per heavy atom. The van der Waals surface area contributed by atoms with Gasteiger partial charge < -0.3 is 5.73 Å². The van der Waals surface area contributed by atoms with E-state index in [1.807, 2.05) is 6.92 Å². The zero-order chi connectivity index (χ0) is 8.69. The van der Waals surface area contributed by atoms with E-state index < -0.39 is 0 Å². The molecule has 0 aliphatic carbocycles. The van der Waals surface area contributed by atoms with E-state index in [2.05, 4.69) is 26.0 Å². The van der Waals surface area contributed by atoms with Gasteiger partial charge in [-0.2, -0.15) is 0 Å². The van der Waals surface area contributed by atoms with E-state index in [-0.39, 0.29) is 0 Å². The van der Waals surface area contributed by atoms with Gasteiger partial charge in [0.15, 0.2) is 0 Å². The molecule has 0 heterocycles. The van der Waals surface area contributed by atoms with Crippen molar-refractivity contribution in [2.45, 2.75) is 40.0 Å². The van der Waals surface area contributed by atoms with Crippen molar-refractivity contribution in [1.29, 1.82) is 0 Å². The summed E-state index contributed by atoms with van der Waals surface area (Å²) in [7, 11) is 0. The van der Waals surface area contributed by atoms with Crippen LogP contribution in [0.3, 0.4) is 0 Å². The second-order valence-electron chi connectivity index (χ2n) is 3.16. The SMILES string of the molecule is CC(C)=CCCCC=C(C)N. The quantitative estimate of drug-likeness (QED) is 0.487. The van der Waals surface area contributed by atoms with Crippen LogP contribution < -0.4 is 5.73 Å². The van der Waals surface area contributed by atoms with E-state index in [0.29, 0.717) is 0 Å². The van der Waals surface area contributed by atoms with Crippen LogP contribution in [0.15, 0.2) is 23.4 Å². The van der Waals surface area contributed by atoms with Gasteiger partial charge in [-0.05, 0) is 40.0 Å². The third-order valence-corrected chi connectivity index (χ3v) is 1.43. The van der Waals surface area contributed by atoms with Crippen LogP contribution in [0.25, 0.3) is 0 Å². The Hall–Kier alpha value is -0.720. The molecule has 0 saturated heterocycles. The van der Waals surface area contributed by atoms with Crippen molar-refractivity contribution < 1.29 is 0 Å². The normalized spacial score (nSPS) is 11.4. The molecule has 0 spiro atoms. The van der Waals surface area contributed by atoms with E-state index in [4.69, 9.17) is 5.73 Å². The summed E-state index contributed by atoms with van der Waals surface area (Å²) in [6.45, 7) is 6.19. The van der Waals surface area contributed by atoms with E-state index in [1.165, 1.54) is 18.4 Å². The Balaban J connectivity index is 3.29. The first-order chi connectivity index (χ1) is 5.13. The molecule has 0 saturated carbocycles. The summed E-state index contributed by atoms with van der Waals surface area (Å²) in [5.74, 6) is 0. The summed E-state index contributed by atoms with van der Waals surface area (Å²) in [6, 6.07) is 0. The molecule has 2 N–H and O–H groups in total. The molecule has 0 aromatic heterocycles. The van der Waals surface area contributed by atoms with Gasteiger partial charge in [0.1, 0.15) is 0 Å². The number of hydrogen-bond acceptors (Lipinski definition) is 1. The molecule has 1 heteroatoms. The lowest BCUT2D eigenvalue weighted by Crippen LogP contribution is -1.89. The lowest BCUT2D eigenvalue weighted by atomic mass is 10.2. The summed E-state index contributed by atoms with van der Waals surface area (Å²) in [5, 5.41) is 0. The molecule has 0 amide bonds. The molecule has 0 bridgehead atoms. The van der Waals surface area contributed by atoms with Gasteiger partial charge >= 0.3 is 0 Å². The molecule has 1 nitrogen and oxygen atoms in total. The highest BCUT2D eigenvalue weighted by atomic mass is 14.5. The fraction of sp³-hybridized carbons (Fsp3) is 0.600. The smallest absolute Gasteiger partial charge is 0.000833 e. The predicted octanol–water partition coefficient (Wildman–Crippen LogP) is 2.99. The van der Waals surface area contributed by atoms with Crippen molar-refractivity contribution in [2.24, 2.45) is 5.73 Å². The maximum Gasteiger partial charge on any atom is 0.000833 e. The highest BCUT2D eigenvalue weighted by Gasteiger charge is 1.82. The van der Waals surface area contributed by atoms with Gasteiger partial charge in [-0.3, -0.25) is 0 Å². The Morgan fingerprint density at radius 3 is 2.09 bits per heavy atom. The second-order valence-corrected chi connectivity index (χ2v) is 3.16. The topological polar surface area (TPSA) is 26.0 Å². The highest BCUT2D eigenvalue weighted by Crippen LogP contribution is 2.01. The minimum absolute atomic E-state index is 0.933. The molecule has 64 valence electrons. The van der Waals surface area contributed by atoms with Gasteiger partial charge in [0.25, 0.3) is 0 Å². The standard InChI is InChI=1S/C10H19N/c1-9(2)7-5-4-6-8-10(3)11/h7-8H,4-6,11H2,1-3H3. The molecule has 0 atom stereocenters. The van der Waals surface area contributed by atoms with E-state index in [1.54, 1.807) is 0 Å². The van der Waals surface area contributed by atoms with Crippen molar-refractivity contribution >= 4 is 0 Å². The fourth-order valence-electron chi connectivity index (χ4n) is 0.838. The molecule has 0 fully saturated rings. The number of rotatable bonds is 4. The Kier molecular flexibility index (Phi) is 5.63. The van der Waals surface area contributed by atoms with Gasteiger partial charge in [0.2, 0.25) is 0 Å². The van der Waals surface area contributed by atoms with Gasteiger partial charge in [-0.1, -0.05) is 17.7 Å². The van der Waals surface area contributed by atoms with E-state index in [9.17, 15) is 0 Å². The Morgan fingerprint density at radius 1 is 1.09 bits per heavy atom. The summed E-state index contributed by atoms with van der Waals surface area (Å²) in [5.41, 5.74) is 7.81. The minimum atomic E-state index is 0.933. The molecule has 0 aromatic carbocycles. The first kappa shape index (κ1) is 10.3. The lowest BCUT2D eigenvalue weighted by Gasteiger charge is -1.93. The van der Waals surface area contributed by atoms with Crippen molar-refractivity contribution in [3.63, 3.8) is 0 Å². The third kappa shape index (κ3) is 9.28. The molecule has 0 unspecified atom stereocenters. The average Bonchev–Trinajstić information content (AvgIpc) is 1.85. The van der Waals surface area contributed by atoms with Crippen LogP contribution in [0.1, 0.15) is 40.0 Å². The first-order valence-corrected chi connectivity index (χ1v) is 4.18. The summed E-state index contributed by atoms with van der Waals surface area (Å²) < 4.78 is 0. The average molecular weight is 153 g/mol. The minimum Gasteiger partial charge on any atom is -0.403 e. The van der Waals surface area contributed by atoms with E-state index >= 15 is 0 Å². The lowest BCUT2D eigenvalue weighted by molar-refractivity contribution is 0.855. The number of allylic oxidation sites excluding steroid dienone is 4. The highest BCUT2D eigenvalue weighted by molar-refractivity contribution is 4.95. The van der Waals surface area contributed by atoms with Crippen LogP contribution in [-0.2, 0) is 0 Å². The Bertz CT molecular complexity index is 128. The molecular formula is C10H19N.